The van der Waals surface area contributed by atoms with Crippen molar-refractivity contribution < 1.29 is 14.3 Å². The molecule has 106 valence electrons. The second-order valence-electron chi connectivity index (χ2n) is 4.83. The maximum absolute atomic E-state index is 12.6. The molecule has 1 N–H and O–H groups in total. The van der Waals surface area contributed by atoms with Crippen molar-refractivity contribution in [3.05, 3.63) is 11.9 Å². The standard InChI is InChI=1S/C15H27FO2/c1-2-3-4-5-6-7-8-9-10-11-12-13-14(16)15(17)18/h13H,2-12H2,1H3,(H,17,18). The van der Waals surface area contributed by atoms with Gasteiger partial charge >= 0.3 is 5.97 Å². The van der Waals surface area contributed by atoms with Gasteiger partial charge in [0.05, 0.1) is 0 Å². The molecule has 0 unspecified atom stereocenters. The molecule has 0 fully saturated rings. The van der Waals surface area contributed by atoms with Gasteiger partial charge in [-0.15, -0.1) is 0 Å². The van der Waals surface area contributed by atoms with Crippen LogP contribution in [0.5, 0.6) is 0 Å². The molecular weight excluding hydrogens is 231 g/mol. The molecule has 0 spiro atoms. The van der Waals surface area contributed by atoms with E-state index in [4.69, 9.17) is 5.11 Å². The van der Waals surface area contributed by atoms with E-state index in [0.717, 1.165) is 12.8 Å². The lowest BCUT2D eigenvalue weighted by molar-refractivity contribution is -0.134. The van der Waals surface area contributed by atoms with Gasteiger partial charge in [-0.05, 0) is 18.9 Å². The van der Waals surface area contributed by atoms with Crippen molar-refractivity contribution in [3.8, 4) is 0 Å². The Morgan fingerprint density at radius 3 is 1.83 bits per heavy atom. The predicted molar refractivity (Wildman–Crippen MR) is 73.3 cm³/mol. The molecule has 0 saturated carbocycles. The summed E-state index contributed by atoms with van der Waals surface area (Å²) in [6.07, 6.45) is 14.1. The van der Waals surface area contributed by atoms with Gasteiger partial charge in [0.2, 0.25) is 5.83 Å². The summed E-state index contributed by atoms with van der Waals surface area (Å²) in [5.41, 5.74) is 0. The molecule has 0 atom stereocenters. The first-order valence-electron chi connectivity index (χ1n) is 7.27. The normalized spacial score (nSPS) is 11.8. The molecule has 0 aliphatic carbocycles. The lowest BCUT2D eigenvalue weighted by Gasteiger charge is -2.01. The highest BCUT2D eigenvalue weighted by atomic mass is 19.1. The molecule has 0 amide bonds. The Balaban J connectivity index is 3.17. The van der Waals surface area contributed by atoms with Crippen LogP contribution in [-0.4, -0.2) is 11.1 Å². The molecule has 0 saturated heterocycles. The average Bonchev–Trinajstić information content (AvgIpc) is 2.35. The maximum Gasteiger partial charge on any atom is 0.364 e. The summed E-state index contributed by atoms with van der Waals surface area (Å²) < 4.78 is 12.6. The van der Waals surface area contributed by atoms with Crippen molar-refractivity contribution >= 4 is 5.97 Å². The van der Waals surface area contributed by atoms with Crippen LogP contribution in [0, 0.1) is 0 Å². The Kier molecular flexibility index (Phi) is 12.0. The molecule has 0 aromatic heterocycles. The van der Waals surface area contributed by atoms with Crippen molar-refractivity contribution in [2.75, 3.05) is 0 Å². The smallest absolute Gasteiger partial charge is 0.364 e. The van der Waals surface area contributed by atoms with Gasteiger partial charge < -0.3 is 5.11 Å². The van der Waals surface area contributed by atoms with Gasteiger partial charge in [0, 0.05) is 0 Å². The third-order valence-corrected chi connectivity index (χ3v) is 3.09. The van der Waals surface area contributed by atoms with Crippen LogP contribution in [-0.2, 0) is 4.79 Å². The van der Waals surface area contributed by atoms with E-state index in [9.17, 15) is 9.18 Å². The number of unbranched alkanes of at least 4 members (excludes halogenated alkanes) is 10. The summed E-state index contributed by atoms with van der Waals surface area (Å²) in [4.78, 5) is 10.2. The van der Waals surface area contributed by atoms with E-state index in [2.05, 4.69) is 6.92 Å². The number of carbonyl (C=O) groups is 1. The molecule has 18 heavy (non-hydrogen) atoms. The summed E-state index contributed by atoms with van der Waals surface area (Å²) in [5, 5.41) is 8.30. The van der Waals surface area contributed by atoms with Crippen LogP contribution in [0.15, 0.2) is 11.9 Å². The Bertz CT molecular complexity index is 237. The largest absolute Gasteiger partial charge is 0.476 e. The molecule has 0 aliphatic heterocycles. The van der Waals surface area contributed by atoms with Crippen LogP contribution >= 0.6 is 0 Å². The predicted octanol–water partition coefficient (Wildman–Crippen LogP) is 5.24. The van der Waals surface area contributed by atoms with E-state index in [1.165, 1.54) is 57.4 Å². The molecule has 2 nitrogen and oxygen atoms in total. The highest BCUT2D eigenvalue weighted by molar-refractivity contribution is 5.83. The lowest BCUT2D eigenvalue weighted by Crippen LogP contribution is -1.94. The van der Waals surface area contributed by atoms with E-state index in [-0.39, 0.29) is 0 Å². The highest BCUT2D eigenvalue weighted by Crippen LogP contribution is 2.12. The fraction of sp³-hybridized carbons (Fsp3) is 0.800. The zero-order valence-corrected chi connectivity index (χ0v) is 11.6. The van der Waals surface area contributed by atoms with E-state index in [1.54, 1.807) is 0 Å². The van der Waals surface area contributed by atoms with Crippen LogP contribution in [0.1, 0.15) is 77.6 Å². The first-order chi connectivity index (χ1) is 8.68. The van der Waals surface area contributed by atoms with Crippen LogP contribution in [0.3, 0.4) is 0 Å². The number of carboxylic acid groups (broad SMARTS) is 1. The van der Waals surface area contributed by atoms with Gasteiger partial charge in [0.15, 0.2) is 0 Å². The summed E-state index contributed by atoms with van der Waals surface area (Å²) >= 11 is 0. The number of halogens is 1. The van der Waals surface area contributed by atoms with E-state index < -0.39 is 11.8 Å². The molecule has 0 bridgehead atoms. The minimum atomic E-state index is -1.46. The first-order valence-corrected chi connectivity index (χ1v) is 7.27. The monoisotopic (exact) mass is 258 g/mol. The molecular formula is C15H27FO2. The van der Waals surface area contributed by atoms with Crippen molar-refractivity contribution in [1.29, 1.82) is 0 Å². The average molecular weight is 258 g/mol. The van der Waals surface area contributed by atoms with Crippen LogP contribution in [0.4, 0.5) is 4.39 Å². The molecule has 0 aliphatic rings. The molecule has 3 heteroatoms. The SMILES string of the molecule is CCCCCCCCCCCCC=C(F)C(=O)O. The third kappa shape index (κ3) is 11.6. The fourth-order valence-electron chi connectivity index (χ4n) is 1.95. The van der Waals surface area contributed by atoms with Gasteiger partial charge in [0.25, 0.3) is 0 Å². The van der Waals surface area contributed by atoms with Gasteiger partial charge in [-0.2, -0.15) is 4.39 Å². The highest BCUT2D eigenvalue weighted by Gasteiger charge is 2.02. The topological polar surface area (TPSA) is 37.3 Å². The van der Waals surface area contributed by atoms with Crippen LogP contribution < -0.4 is 0 Å². The van der Waals surface area contributed by atoms with Crippen LogP contribution in [0.2, 0.25) is 0 Å². The molecule has 0 rings (SSSR count). The molecule has 0 heterocycles. The van der Waals surface area contributed by atoms with Gasteiger partial charge in [-0.1, -0.05) is 64.7 Å². The second-order valence-corrected chi connectivity index (χ2v) is 4.83. The molecule has 0 aromatic rings. The first kappa shape index (κ1) is 17.1. The van der Waals surface area contributed by atoms with E-state index >= 15 is 0 Å². The fourth-order valence-corrected chi connectivity index (χ4v) is 1.95. The summed E-state index contributed by atoms with van der Waals surface area (Å²) in [6.45, 7) is 2.22. The van der Waals surface area contributed by atoms with Gasteiger partial charge in [-0.3, -0.25) is 0 Å². The zero-order valence-electron chi connectivity index (χ0n) is 11.6. The number of allylic oxidation sites excluding steroid dienone is 1. The van der Waals surface area contributed by atoms with E-state index in [0.29, 0.717) is 6.42 Å². The van der Waals surface area contributed by atoms with Crippen molar-refractivity contribution in [2.45, 2.75) is 77.6 Å². The van der Waals surface area contributed by atoms with Crippen molar-refractivity contribution in [3.63, 3.8) is 0 Å². The van der Waals surface area contributed by atoms with Gasteiger partial charge in [0.1, 0.15) is 0 Å². The van der Waals surface area contributed by atoms with E-state index in [1.807, 2.05) is 0 Å². The zero-order chi connectivity index (χ0) is 13.6. The quantitative estimate of drug-likeness (QED) is 0.384. The number of hydrogen-bond donors (Lipinski definition) is 1. The Morgan fingerprint density at radius 1 is 0.944 bits per heavy atom. The van der Waals surface area contributed by atoms with Crippen molar-refractivity contribution in [2.24, 2.45) is 0 Å². The Morgan fingerprint density at radius 2 is 1.39 bits per heavy atom. The minimum Gasteiger partial charge on any atom is -0.476 e. The van der Waals surface area contributed by atoms with Crippen LogP contribution in [0.25, 0.3) is 0 Å². The maximum atomic E-state index is 12.6. The number of hydrogen-bond acceptors (Lipinski definition) is 1. The number of aliphatic carboxylic acids is 1. The third-order valence-electron chi connectivity index (χ3n) is 3.09. The number of rotatable bonds is 12. The minimum absolute atomic E-state index is 0.536. The molecule has 0 radical (unpaired) electrons. The van der Waals surface area contributed by atoms with Gasteiger partial charge in [-0.25, -0.2) is 4.79 Å². The Hall–Kier alpha value is -0.860. The number of carboxylic acids is 1. The summed E-state index contributed by atoms with van der Waals surface area (Å²) in [5.74, 6) is -2.48. The molecule has 0 aromatic carbocycles. The summed E-state index contributed by atoms with van der Waals surface area (Å²) in [7, 11) is 0. The Labute approximate surface area is 110 Å². The lowest BCUT2D eigenvalue weighted by atomic mass is 10.1. The summed E-state index contributed by atoms with van der Waals surface area (Å²) in [6, 6.07) is 0. The second kappa shape index (κ2) is 12.6. The van der Waals surface area contributed by atoms with Crippen molar-refractivity contribution in [1.82, 2.24) is 0 Å².